The number of aromatic nitrogens is 1. The molecule has 1 aromatic rings. The van der Waals surface area contributed by atoms with Gasteiger partial charge < -0.3 is 15.5 Å². The molecule has 20 heavy (non-hydrogen) atoms. The lowest BCUT2D eigenvalue weighted by molar-refractivity contribution is -0.138. The third kappa shape index (κ3) is 5.26. The third-order valence-corrected chi connectivity index (χ3v) is 2.82. The van der Waals surface area contributed by atoms with Crippen LogP contribution >= 0.6 is 0 Å². The maximum absolute atomic E-state index is 11.9. The van der Waals surface area contributed by atoms with E-state index in [9.17, 15) is 14.7 Å². The van der Waals surface area contributed by atoms with E-state index in [1.807, 2.05) is 13.8 Å². The van der Waals surface area contributed by atoms with Crippen molar-refractivity contribution in [1.82, 2.24) is 10.3 Å². The summed E-state index contributed by atoms with van der Waals surface area (Å²) < 4.78 is 0. The van der Waals surface area contributed by atoms with Gasteiger partial charge in [-0.25, -0.2) is 4.98 Å². The molecular formula is C14H20N2O4. The Morgan fingerprint density at radius 3 is 2.65 bits per heavy atom. The Morgan fingerprint density at radius 2 is 2.10 bits per heavy atom. The zero-order valence-electron chi connectivity index (χ0n) is 11.7. The number of aliphatic carboxylic acids is 1. The number of carbonyl (C=O) groups is 2. The molecule has 0 radical (unpaired) electrons. The van der Waals surface area contributed by atoms with Gasteiger partial charge in [-0.15, -0.1) is 0 Å². The lowest BCUT2D eigenvalue weighted by Crippen LogP contribution is -2.31. The molecule has 0 bridgehead atoms. The van der Waals surface area contributed by atoms with Gasteiger partial charge >= 0.3 is 5.97 Å². The molecule has 6 nitrogen and oxygen atoms in total. The molecule has 3 N–H and O–H groups in total. The number of aromatic hydroxyl groups is 1. The first kappa shape index (κ1) is 15.9. The van der Waals surface area contributed by atoms with E-state index in [1.165, 1.54) is 18.3 Å². The Balaban J connectivity index is 2.60. The van der Waals surface area contributed by atoms with E-state index < -0.39 is 11.9 Å². The second-order valence-corrected chi connectivity index (χ2v) is 5.17. The number of hydrogen-bond donors (Lipinski definition) is 3. The smallest absolute Gasteiger partial charge is 0.303 e. The van der Waals surface area contributed by atoms with Crippen molar-refractivity contribution in [3.63, 3.8) is 0 Å². The third-order valence-electron chi connectivity index (χ3n) is 2.82. The van der Waals surface area contributed by atoms with E-state index in [0.29, 0.717) is 12.3 Å². The van der Waals surface area contributed by atoms with E-state index in [-0.39, 0.29) is 30.3 Å². The summed E-state index contributed by atoms with van der Waals surface area (Å²) in [5, 5.41) is 21.0. The molecule has 0 aliphatic carbocycles. The van der Waals surface area contributed by atoms with Crippen molar-refractivity contribution in [2.45, 2.75) is 26.7 Å². The van der Waals surface area contributed by atoms with Gasteiger partial charge in [0.05, 0.1) is 0 Å². The lowest BCUT2D eigenvalue weighted by Gasteiger charge is -2.17. The molecule has 0 aliphatic rings. The molecule has 0 saturated carbocycles. The van der Waals surface area contributed by atoms with Crippen LogP contribution in [0, 0.1) is 11.8 Å². The lowest BCUT2D eigenvalue weighted by atomic mass is 9.94. The second kappa shape index (κ2) is 7.47. The fraction of sp³-hybridized carbons (Fsp3) is 0.500. The number of rotatable bonds is 7. The van der Waals surface area contributed by atoms with Crippen LogP contribution < -0.4 is 5.32 Å². The van der Waals surface area contributed by atoms with Crippen molar-refractivity contribution in [3.05, 3.63) is 24.0 Å². The highest BCUT2D eigenvalue weighted by Crippen LogP contribution is 2.16. The summed E-state index contributed by atoms with van der Waals surface area (Å²) in [7, 11) is 0. The highest BCUT2D eigenvalue weighted by Gasteiger charge is 2.18. The average molecular weight is 280 g/mol. The molecule has 0 aromatic carbocycles. The molecule has 110 valence electrons. The molecule has 0 unspecified atom stereocenters. The van der Waals surface area contributed by atoms with Crippen molar-refractivity contribution in [2.24, 2.45) is 11.8 Å². The number of carboxylic acid groups (broad SMARTS) is 1. The first-order valence-corrected chi connectivity index (χ1v) is 6.54. The number of nitrogens with one attached hydrogen (secondary N) is 1. The number of hydrogen-bond acceptors (Lipinski definition) is 4. The number of carboxylic acids is 1. The predicted octanol–water partition coefficient (Wildman–Crippen LogP) is 1.65. The van der Waals surface area contributed by atoms with Gasteiger partial charge in [0.1, 0.15) is 5.75 Å². The van der Waals surface area contributed by atoms with Crippen LogP contribution in [-0.4, -0.2) is 33.6 Å². The van der Waals surface area contributed by atoms with Crippen LogP contribution in [0.5, 0.6) is 5.75 Å². The van der Waals surface area contributed by atoms with Gasteiger partial charge in [0.15, 0.2) is 5.69 Å². The first-order valence-electron chi connectivity index (χ1n) is 6.54. The number of carbonyl (C=O) groups excluding carboxylic acids is 1. The Bertz CT molecular complexity index is 474. The molecule has 0 aliphatic heterocycles. The molecule has 0 saturated heterocycles. The Labute approximate surface area is 117 Å². The van der Waals surface area contributed by atoms with Crippen LogP contribution in [0.15, 0.2) is 18.3 Å². The van der Waals surface area contributed by atoms with Gasteiger partial charge in [0, 0.05) is 19.2 Å². The number of nitrogens with zero attached hydrogens (tertiary/aromatic N) is 1. The number of pyridine rings is 1. The van der Waals surface area contributed by atoms with Crippen LogP contribution in [-0.2, 0) is 4.79 Å². The molecule has 1 aromatic heterocycles. The fourth-order valence-corrected chi connectivity index (χ4v) is 2.04. The summed E-state index contributed by atoms with van der Waals surface area (Å²) in [6.07, 6.45) is 2.13. The van der Waals surface area contributed by atoms with Crippen molar-refractivity contribution in [2.75, 3.05) is 6.54 Å². The van der Waals surface area contributed by atoms with Crippen LogP contribution in [0.2, 0.25) is 0 Å². The molecule has 1 rings (SSSR count). The maximum atomic E-state index is 11.9. The van der Waals surface area contributed by atoms with Crippen molar-refractivity contribution in [3.8, 4) is 5.75 Å². The van der Waals surface area contributed by atoms with Gasteiger partial charge in [-0.05, 0) is 30.4 Å². The monoisotopic (exact) mass is 280 g/mol. The summed E-state index contributed by atoms with van der Waals surface area (Å²) >= 11 is 0. The summed E-state index contributed by atoms with van der Waals surface area (Å²) in [6, 6.07) is 2.91. The quantitative estimate of drug-likeness (QED) is 0.705. The van der Waals surface area contributed by atoms with Gasteiger partial charge in [-0.1, -0.05) is 13.8 Å². The molecule has 0 fully saturated rings. The summed E-state index contributed by atoms with van der Waals surface area (Å²) in [4.78, 5) is 26.5. The topological polar surface area (TPSA) is 99.5 Å². The minimum Gasteiger partial charge on any atom is -0.505 e. The largest absolute Gasteiger partial charge is 0.505 e. The van der Waals surface area contributed by atoms with E-state index in [1.54, 1.807) is 0 Å². The molecule has 0 spiro atoms. The van der Waals surface area contributed by atoms with Crippen molar-refractivity contribution >= 4 is 11.9 Å². The highest BCUT2D eigenvalue weighted by atomic mass is 16.4. The zero-order chi connectivity index (χ0) is 15.1. The Kier molecular flexibility index (Phi) is 5.96. The van der Waals surface area contributed by atoms with Gasteiger partial charge in [-0.2, -0.15) is 0 Å². The SMILES string of the molecule is CC(C)C[C@H](CNC(=O)c1ncccc1O)CC(=O)O. The predicted molar refractivity (Wildman–Crippen MR) is 73.4 cm³/mol. The second-order valence-electron chi connectivity index (χ2n) is 5.17. The van der Waals surface area contributed by atoms with E-state index in [0.717, 1.165) is 0 Å². The fourth-order valence-electron chi connectivity index (χ4n) is 2.04. The molecular weight excluding hydrogens is 260 g/mol. The molecule has 6 heteroatoms. The highest BCUT2D eigenvalue weighted by molar-refractivity contribution is 5.94. The van der Waals surface area contributed by atoms with E-state index >= 15 is 0 Å². The van der Waals surface area contributed by atoms with Crippen LogP contribution in [0.4, 0.5) is 0 Å². The van der Waals surface area contributed by atoms with Crippen LogP contribution in [0.25, 0.3) is 0 Å². The standard InChI is InChI=1S/C14H20N2O4/c1-9(2)6-10(7-12(18)19)8-16-14(20)13-11(17)4-3-5-15-13/h3-5,9-10,17H,6-8H2,1-2H3,(H,16,20)(H,18,19)/t10-/m0/s1. The van der Waals surface area contributed by atoms with Gasteiger partial charge in [0.25, 0.3) is 5.91 Å². The Hall–Kier alpha value is -2.11. The molecule has 1 amide bonds. The van der Waals surface area contributed by atoms with Crippen LogP contribution in [0.1, 0.15) is 37.2 Å². The first-order chi connectivity index (χ1) is 9.40. The minimum absolute atomic E-state index is 0.00661. The normalized spacial score (nSPS) is 12.2. The zero-order valence-corrected chi connectivity index (χ0v) is 11.7. The van der Waals surface area contributed by atoms with Crippen LogP contribution in [0.3, 0.4) is 0 Å². The number of amides is 1. The summed E-state index contributed by atoms with van der Waals surface area (Å²) in [5.74, 6) is -1.36. The Morgan fingerprint density at radius 1 is 1.40 bits per heavy atom. The summed E-state index contributed by atoms with van der Waals surface area (Å²) in [6.45, 7) is 4.25. The molecule has 1 atom stereocenters. The van der Waals surface area contributed by atoms with E-state index in [2.05, 4.69) is 10.3 Å². The molecule has 1 heterocycles. The van der Waals surface area contributed by atoms with Crippen molar-refractivity contribution in [1.29, 1.82) is 0 Å². The minimum atomic E-state index is -0.884. The van der Waals surface area contributed by atoms with Crippen molar-refractivity contribution < 1.29 is 19.8 Å². The van der Waals surface area contributed by atoms with Gasteiger partial charge in [0.2, 0.25) is 0 Å². The van der Waals surface area contributed by atoms with E-state index in [4.69, 9.17) is 5.11 Å². The average Bonchev–Trinajstić information content (AvgIpc) is 2.34. The maximum Gasteiger partial charge on any atom is 0.303 e. The van der Waals surface area contributed by atoms with Gasteiger partial charge in [-0.3, -0.25) is 9.59 Å². The summed E-state index contributed by atoms with van der Waals surface area (Å²) in [5.41, 5.74) is -0.0499.